The van der Waals surface area contributed by atoms with Gasteiger partial charge in [-0.05, 0) is 23.7 Å². The molecule has 0 fully saturated rings. The summed E-state index contributed by atoms with van der Waals surface area (Å²) in [5.74, 6) is 1.26. The molecule has 1 unspecified atom stereocenters. The summed E-state index contributed by atoms with van der Waals surface area (Å²) in [7, 11) is 1.66. The molecule has 0 aliphatic heterocycles. The number of aromatic nitrogens is 1. The van der Waals surface area contributed by atoms with Gasteiger partial charge in [-0.25, -0.2) is 0 Å². The van der Waals surface area contributed by atoms with E-state index in [0.29, 0.717) is 12.8 Å². The molecule has 4 heteroatoms. The van der Waals surface area contributed by atoms with Crippen molar-refractivity contribution in [1.82, 2.24) is 4.37 Å². The third kappa shape index (κ3) is 2.38. The largest absolute Gasteiger partial charge is 0.496 e. The van der Waals surface area contributed by atoms with E-state index in [2.05, 4.69) is 11.3 Å². The van der Waals surface area contributed by atoms with Gasteiger partial charge < -0.3 is 4.74 Å². The standard InChI is InChI=1S/C14H17NO2S/c1-4-10(16)8-9(2)14-13-11(17-3)6-5-7-12(13)18-15-14/h5-7,9H,4,8H2,1-3H3. The Morgan fingerprint density at radius 3 is 2.94 bits per heavy atom. The van der Waals surface area contributed by atoms with Crippen molar-refractivity contribution >= 4 is 27.4 Å². The van der Waals surface area contributed by atoms with Crippen molar-refractivity contribution in [3.8, 4) is 5.75 Å². The highest BCUT2D eigenvalue weighted by Gasteiger charge is 2.18. The van der Waals surface area contributed by atoms with Crippen LogP contribution in [0.3, 0.4) is 0 Å². The molecule has 0 N–H and O–H groups in total. The minimum absolute atomic E-state index is 0.141. The molecule has 18 heavy (non-hydrogen) atoms. The van der Waals surface area contributed by atoms with E-state index in [0.717, 1.165) is 21.5 Å². The van der Waals surface area contributed by atoms with Crippen LogP contribution in [0.15, 0.2) is 18.2 Å². The summed E-state index contributed by atoms with van der Waals surface area (Å²) >= 11 is 1.47. The van der Waals surface area contributed by atoms with Crippen molar-refractivity contribution in [2.45, 2.75) is 32.6 Å². The van der Waals surface area contributed by atoms with Crippen LogP contribution in [0.1, 0.15) is 38.3 Å². The molecule has 1 aromatic heterocycles. The number of Topliss-reactive ketones (excluding diaryl/α,β-unsaturated/α-hetero) is 1. The number of nitrogens with zero attached hydrogens (tertiary/aromatic N) is 1. The summed E-state index contributed by atoms with van der Waals surface area (Å²) in [5, 5.41) is 1.06. The second-order valence-corrected chi connectivity index (χ2v) is 5.20. The molecule has 96 valence electrons. The lowest BCUT2D eigenvalue weighted by Gasteiger charge is -2.09. The Morgan fingerprint density at radius 1 is 1.50 bits per heavy atom. The van der Waals surface area contributed by atoms with Gasteiger partial charge in [0.2, 0.25) is 0 Å². The summed E-state index contributed by atoms with van der Waals surface area (Å²) in [4.78, 5) is 11.6. The number of hydrogen-bond donors (Lipinski definition) is 0. The Labute approximate surface area is 111 Å². The minimum Gasteiger partial charge on any atom is -0.496 e. The van der Waals surface area contributed by atoms with Crippen LogP contribution in [0, 0.1) is 0 Å². The number of ketones is 1. The number of methoxy groups -OCH3 is 1. The van der Waals surface area contributed by atoms with Crippen LogP contribution in [0.5, 0.6) is 5.75 Å². The van der Waals surface area contributed by atoms with Crippen LogP contribution >= 0.6 is 11.5 Å². The normalized spacial score (nSPS) is 12.6. The fourth-order valence-corrected chi connectivity index (χ4v) is 2.98. The zero-order chi connectivity index (χ0) is 13.1. The average molecular weight is 263 g/mol. The molecule has 2 aromatic rings. The summed E-state index contributed by atoms with van der Waals surface area (Å²) in [5.41, 5.74) is 0.981. The fourth-order valence-electron chi connectivity index (χ4n) is 2.07. The minimum atomic E-state index is 0.141. The quantitative estimate of drug-likeness (QED) is 0.824. The Morgan fingerprint density at radius 2 is 2.28 bits per heavy atom. The molecule has 0 bridgehead atoms. The van der Waals surface area contributed by atoms with Gasteiger partial charge in [-0.2, -0.15) is 4.37 Å². The first-order valence-electron chi connectivity index (χ1n) is 6.11. The van der Waals surface area contributed by atoms with Crippen LogP contribution in [-0.2, 0) is 4.79 Å². The Balaban J connectivity index is 2.41. The van der Waals surface area contributed by atoms with Crippen molar-refractivity contribution in [2.24, 2.45) is 0 Å². The van der Waals surface area contributed by atoms with Gasteiger partial charge in [0, 0.05) is 18.8 Å². The van der Waals surface area contributed by atoms with Crippen molar-refractivity contribution in [1.29, 1.82) is 0 Å². The molecular weight excluding hydrogens is 246 g/mol. The van der Waals surface area contributed by atoms with E-state index in [1.54, 1.807) is 7.11 Å². The molecule has 0 aliphatic carbocycles. The summed E-state index contributed by atoms with van der Waals surface area (Å²) in [6, 6.07) is 5.94. The maximum atomic E-state index is 11.6. The van der Waals surface area contributed by atoms with Crippen LogP contribution in [0.2, 0.25) is 0 Å². The molecule has 0 saturated carbocycles. The monoisotopic (exact) mass is 263 g/mol. The van der Waals surface area contributed by atoms with Crippen LogP contribution in [0.25, 0.3) is 10.1 Å². The van der Waals surface area contributed by atoms with Gasteiger partial charge in [0.1, 0.15) is 11.5 Å². The van der Waals surface area contributed by atoms with E-state index in [-0.39, 0.29) is 11.7 Å². The van der Waals surface area contributed by atoms with E-state index in [1.807, 2.05) is 25.1 Å². The van der Waals surface area contributed by atoms with Crippen molar-refractivity contribution in [3.05, 3.63) is 23.9 Å². The highest BCUT2D eigenvalue weighted by molar-refractivity contribution is 7.13. The molecule has 0 saturated heterocycles. The second kappa shape index (κ2) is 5.48. The summed E-state index contributed by atoms with van der Waals surface area (Å²) in [6.45, 7) is 3.95. The molecule has 0 spiro atoms. The van der Waals surface area contributed by atoms with Gasteiger partial charge in [0.15, 0.2) is 0 Å². The van der Waals surface area contributed by atoms with Crippen LogP contribution < -0.4 is 4.74 Å². The van der Waals surface area contributed by atoms with Crippen molar-refractivity contribution < 1.29 is 9.53 Å². The Kier molecular flexibility index (Phi) is 3.97. The molecule has 3 nitrogen and oxygen atoms in total. The maximum absolute atomic E-state index is 11.6. The first-order chi connectivity index (χ1) is 8.67. The zero-order valence-corrected chi connectivity index (χ0v) is 11.7. The number of carbonyl (C=O) groups is 1. The van der Waals surface area contributed by atoms with Crippen molar-refractivity contribution in [2.75, 3.05) is 7.11 Å². The average Bonchev–Trinajstić information content (AvgIpc) is 2.82. The summed E-state index contributed by atoms with van der Waals surface area (Å²) < 4.78 is 11.0. The second-order valence-electron chi connectivity index (χ2n) is 4.40. The highest BCUT2D eigenvalue weighted by atomic mass is 32.1. The predicted octanol–water partition coefficient (Wildman–Crippen LogP) is 3.78. The number of rotatable bonds is 5. The van der Waals surface area contributed by atoms with Gasteiger partial charge in [-0.3, -0.25) is 4.79 Å². The number of fused-ring (bicyclic) bond motifs is 1. The van der Waals surface area contributed by atoms with Gasteiger partial charge in [-0.15, -0.1) is 0 Å². The molecule has 1 atom stereocenters. The molecule has 0 amide bonds. The molecule has 1 heterocycles. The van der Waals surface area contributed by atoms with Crippen molar-refractivity contribution in [3.63, 3.8) is 0 Å². The molecule has 1 aromatic carbocycles. The maximum Gasteiger partial charge on any atom is 0.133 e. The van der Waals surface area contributed by atoms with E-state index >= 15 is 0 Å². The van der Waals surface area contributed by atoms with Gasteiger partial charge >= 0.3 is 0 Å². The lowest BCUT2D eigenvalue weighted by molar-refractivity contribution is -0.119. The third-order valence-corrected chi connectivity index (χ3v) is 3.93. The fraction of sp³-hybridized carbons (Fsp3) is 0.429. The number of carbonyl (C=O) groups excluding carboxylic acids is 1. The van der Waals surface area contributed by atoms with E-state index in [9.17, 15) is 4.79 Å². The zero-order valence-electron chi connectivity index (χ0n) is 10.9. The summed E-state index contributed by atoms with van der Waals surface area (Å²) in [6.07, 6.45) is 1.14. The van der Waals surface area contributed by atoms with Gasteiger partial charge in [0.25, 0.3) is 0 Å². The lowest BCUT2D eigenvalue weighted by atomic mass is 9.97. The highest BCUT2D eigenvalue weighted by Crippen LogP contribution is 2.36. The Hall–Kier alpha value is -1.42. The first-order valence-corrected chi connectivity index (χ1v) is 6.88. The smallest absolute Gasteiger partial charge is 0.133 e. The predicted molar refractivity (Wildman–Crippen MR) is 74.5 cm³/mol. The number of hydrogen-bond acceptors (Lipinski definition) is 4. The van der Waals surface area contributed by atoms with E-state index in [4.69, 9.17) is 4.74 Å². The number of ether oxygens (including phenoxy) is 1. The van der Waals surface area contributed by atoms with Gasteiger partial charge in [-0.1, -0.05) is 19.9 Å². The van der Waals surface area contributed by atoms with E-state index < -0.39 is 0 Å². The third-order valence-electron chi connectivity index (χ3n) is 3.10. The molecule has 0 aliphatic rings. The molecule has 0 radical (unpaired) electrons. The Bertz CT molecular complexity index is 562. The topological polar surface area (TPSA) is 39.2 Å². The van der Waals surface area contributed by atoms with Gasteiger partial charge in [0.05, 0.1) is 22.9 Å². The SMILES string of the molecule is CCC(=O)CC(C)c1nsc2cccc(OC)c12. The van der Waals surface area contributed by atoms with Crippen LogP contribution in [0.4, 0.5) is 0 Å². The molecular formula is C14H17NO2S. The lowest BCUT2D eigenvalue weighted by Crippen LogP contribution is -2.03. The van der Waals surface area contributed by atoms with E-state index in [1.165, 1.54) is 11.5 Å². The first kappa shape index (κ1) is 13.0. The van der Waals surface area contributed by atoms with Crippen LogP contribution in [-0.4, -0.2) is 17.3 Å². The molecule has 2 rings (SSSR count). The number of benzene rings is 1.